The molecule has 0 radical (unpaired) electrons. The van der Waals surface area contributed by atoms with Crippen LogP contribution in [0.3, 0.4) is 0 Å². The first-order valence-corrected chi connectivity index (χ1v) is 8.89. The highest BCUT2D eigenvalue weighted by molar-refractivity contribution is 7.89. The Bertz CT molecular complexity index is 901. The van der Waals surface area contributed by atoms with Crippen molar-refractivity contribution in [1.82, 2.24) is 10.0 Å². The van der Waals surface area contributed by atoms with E-state index in [0.29, 0.717) is 12.3 Å². The average molecular weight is 358 g/mol. The van der Waals surface area contributed by atoms with Gasteiger partial charge in [0.05, 0.1) is 18.6 Å². The van der Waals surface area contributed by atoms with Gasteiger partial charge in [0.2, 0.25) is 10.0 Å². The number of rotatable bonds is 7. The van der Waals surface area contributed by atoms with Crippen molar-refractivity contribution in [2.45, 2.75) is 11.4 Å². The summed E-state index contributed by atoms with van der Waals surface area (Å²) in [4.78, 5) is 12.3. The first-order valence-electron chi connectivity index (χ1n) is 7.40. The Morgan fingerprint density at radius 1 is 1.20 bits per heavy atom. The van der Waals surface area contributed by atoms with E-state index in [-0.39, 0.29) is 22.9 Å². The molecule has 6 nitrogen and oxygen atoms in total. The standard InChI is InChI=1S/C18H18N2O4S/c1-3-10-20-25(22,23)17-9-5-7-15(12-17)18(21)19-13-14-6-4-8-16(11-14)24-2/h1,4-9,11-12,20H,10,13H2,2H3,(H,19,21). The summed E-state index contributed by atoms with van der Waals surface area (Å²) in [6.45, 7) is 0.178. The number of carbonyl (C=O) groups is 1. The van der Waals surface area contributed by atoms with Crippen LogP contribution in [0.15, 0.2) is 53.4 Å². The van der Waals surface area contributed by atoms with E-state index >= 15 is 0 Å². The third-order valence-corrected chi connectivity index (χ3v) is 4.76. The number of methoxy groups -OCH3 is 1. The largest absolute Gasteiger partial charge is 0.497 e. The number of amides is 1. The Balaban J connectivity index is 2.09. The fourth-order valence-electron chi connectivity index (χ4n) is 2.09. The van der Waals surface area contributed by atoms with Gasteiger partial charge in [0.1, 0.15) is 5.75 Å². The molecule has 2 aromatic carbocycles. The van der Waals surface area contributed by atoms with Crippen LogP contribution in [-0.2, 0) is 16.6 Å². The molecule has 2 rings (SSSR count). The molecule has 0 spiro atoms. The summed E-state index contributed by atoms with van der Waals surface area (Å²) < 4.78 is 31.5. The van der Waals surface area contributed by atoms with Crippen LogP contribution in [0.2, 0.25) is 0 Å². The van der Waals surface area contributed by atoms with Crippen LogP contribution >= 0.6 is 0 Å². The zero-order valence-corrected chi connectivity index (χ0v) is 14.5. The van der Waals surface area contributed by atoms with Gasteiger partial charge < -0.3 is 10.1 Å². The molecule has 0 bridgehead atoms. The van der Waals surface area contributed by atoms with Crippen LogP contribution in [0.25, 0.3) is 0 Å². The highest BCUT2D eigenvalue weighted by atomic mass is 32.2. The van der Waals surface area contributed by atoms with Gasteiger partial charge in [0.25, 0.3) is 5.91 Å². The Hall–Kier alpha value is -2.82. The molecule has 1 amide bonds. The van der Waals surface area contributed by atoms with Crippen molar-refractivity contribution in [3.8, 4) is 18.1 Å². The summed E-state index contributed by atoms with van der Waals surface area (Å²) in [7, 11) is -2.18. The average Bonchev–Trinajstić information content (AvgIpc) is 2.64. The molecule has 0 aromatic heterocycles. The Morgan fingerprint density at radius 2 is 1.96 bits per heavy atom. The minimum Gasteiger partial charge on any atom is -0.497 e. The highest BCUT2D eigenvalue weighted by Crippen LogP contribution is 2.14. The van der Waals surface area contributed by atoms with Crippen molar-refractivity contribution in [2.24, 2.45) is 0 Å². The molecule has 0 aliphatic rings. The number of carbonyl (C=O) groups excluding carboxylic acids is 1. The lowest BCUT2D eigenvalue weighted by molar-refractivity contribution is 0.0950. The predicted octanol–water partition coefficient (Wildman–Crippen LogP) is 1.54. The summed E-state index contributed by atoms with van der Waals surface area (Å²) >= 11 is 0. The summed E-state index contributed by atoms with van der Waals surface area (Å²) in [5.41, 5.74) is 1.11. The van der Waals surface area contributed by atoms with Crippen molar-refractivity contribution in [2.75, 3.05) is 13.7 Å². The molecule has 0 heterocycles. The lowest BCUT2D eigenvalue weighted by Gasteiger charge is -2.09. The van der Waals surface area contributed by atoms with Crippen LogP contribution in [-0.4, -0.2) is 28.0 Å². The van der Waals surface area contributed by atoms with E-state index in [0.717, 1.165) is 5.56 Å². The van der Waals surface area contributed by atoms with Crippen molar-refractivity contribution < 1.29 is 17.9 Å². The number of ether oxygens (including phenoxy) is 1. The lowest BCUT2D eigenvalue weighted by Crippen LogP contribution is -2.25. The van der Waals surface area contributed by atoms with Gasteiger partial charge in [-0.25, -0.2) is 8.42 Å². The number of benzene rings is 2. The van der Waals surface area contributed by atoms with E-state index in [1.165, 1.54) is 18.2 Å². The zero-order chi connectivity index (χ0) is 18.3. The molecular formula is C18H18N2O4S. The second-order valence-electron chi connectivity index (χ2n) is 5.09. The van der Waals surface area contributed by atoms with Crippen molar-refractivity contribution in [3.63, 3.8) is 0 Å². The zero-order valence-electron chi connectivity index (χ0n) is 13.7. The second-order valence-corrected chi connectivity index (χ2v) is 6.86. The maximum atomic E-state index is 12.3. The first-order chi connectivity index (χ1) is 12.0. The summed E-state index contributed by atoms with van der Waals surface area (Å²) in [6, 6.07) is 13.1. The smallest absolute Gasteiger partial charge is 0.251 e. The molecule has 0 saturated heterocycles. The SMILES string of the molecule is C#CCNS(=O)(=O)c1cccc(C(=O)NCc2cccc(OC)c2)c1. The van der Waals surface area contributed by atoms with E-state index in [1.807, 2.05) is 24.3 Å². The van der Waals surface area contributed by atoms with Gasteiger partial charge in [-0.15, -0.1) is 6.42 Å². The minimum absolute atomic E-state index is 0.0169. The van der Waals surface area contributed by atoms with Crippen LogP contribution in [0, 0.1) is 12.3 Å². The van der Waals surface area contributed by atoms with E-state index in [4.69, 9.17) is 11.2 Å². The van der Waals surface area contributed by atoms with Gasteiger partial charge in [0.15, 0.2) is 0 Å². The number of sulfonamides is 1. The molecular weight excluding hydrogens is 340 g/mol. The van der Waals surface area contributed by atoms with Gasteiger partial charge in [-0.2, -0.15) is 4.72 Å². The molecule has 0 unspecified atom stereocenters. The van der Waals surface area contributed by atoms with Crippen molar-refractivity contribution in [3.05, 3.63) is 59.7 Å². The molecule has 0 aliphatic heterocycles. The molecule has 0 fully saturated rings. The van der Waals surface area contributed by atoms with Gasteiger partial charge in [-0.05, 0) is 35.9 Å². The Morgan fingerprint density at radius 3 is 2.68 bits per heavy atom. The molecule has 25 heavy (non-hydrogen) atoms. The third kappa shape index (κ3) is 5.08. The van der Waals surface area contributed by atoms with E-state index in [9.17, 15) is 13.2 Å². The van der Waals surface area contributed by atoms with Crippen LogP contribution < -0.4 is 14.8 Å². The lowest BCUT2D eigenvalue weighted by atomic mass is 10.2. The predicted molar refractivity (Wildman–Crippen MR) is 94.6 cm³/mol. The summed E-state index contributed by atoms with van der Waals surface area (Å²) in [5.74, 6) is 2.51. The molecule has 7 heteroatoms. The molecule has 2 N–H and O–H groups in total. The topological polar surface area (TPSA) is 84.5 Å². The van der Waals surface area contributed by atoms with Gasteiger partial charge >= 0.3 is 0 Å². The number of nitrogens with one attached hydrogen (secondary N) is 2. The maximum Gasteiger partial charge on any atom is 0.251 e. The normalized spacial score (nSPS) is 10.7. The molecule has 2 aromatic rings. The highest BCUT2D eigenvalue weighted by Gasteiger charge is 2.15. The fraction of sp³-hybridized carbons (Fsp3) is 0.167. The van der Waals surface area contributed by atoms with Gasteiger partial charge in [0, 0.05) is 12.1 Å². The van der Waals surface area contributed by atoms with Crippen LogP contribution in [0.5, 0.6) is 5.75 Å². The summed E-state index contributed by atoms with van der Waals surface area (Å²) in [5, 5.41) is 2.75. The molecule has 130 valence electrons. The molecule has 0 atom stereocenters. The third-order valence-electron chi connectivity index (χ3n) is 3.36. The summed E-state index contributed by atoms with van der Waals surface area (Å²) in [6.07, 6.45) is 5.06. The van der Waals surface area contributed by atoms with Gasteiger partial charge in [-0.1, -0.05) is 24.1 Å². The number of hydrogen-bond acceptors (Lipinski definition) is 4. The van der Waals surface area contributed by atoms with Gasteiger partial charge in [-0.3, -0.25) is 4.79 Å². The van der Waals surface area contributed by atoms with E-state index in [1.54, 1.807) is 13.2 Å². The quantitative estimate of drug-likeness (QED) is 0.736. The second kappa shape index (κ2) is 8.33. The Labute approximate surface area is 147 Å². The number of hydrogen-bond donors (Lipinski definition) is 2. The van der Waals surface area contributed by atoms with E-state index < -0.39 is 10.0 Å². The van der Waals surface area contributed by atoms with Crippen molar-refractivity contribution in [1.29, 1.82) is 0 Å². The van der Waals surface area contributed by atoms with Crippen LogP contribution in [0.4, 0.5) is 0 Å². The minimum atomic E-state index is -3.74. The van der Waals surface area contributed by atoms with Crippen molar-refractivity contribution >= 4 is 15.9 Å². The van der Waals surface area contributed by atoms with E-state index in [2.05, 4.69) is 16.0 Å². The first kappa shape index (κ1) is 18.5. The van der Waals surface area contributed by atoms with Crippen LogP contribution in [0.1, 0.15) is 15.9 Å². The Kier molecular flexibility index (Phi) is 6.17. The monoisotopic (exact) mass is 358 g/mol. The number of terminal acetylenes is 1. The maximum absolute atomic E-state index is 12.3. The molecule has 0 aliphatic carbocycles. The molecule has 0 saturated carbocycles. The fourth-order valence-corrected chi connectivity index (χ4v) is 3.07.